The van der Waals surface area contributed by atoms with Crippen LogP contribution in [0.2, 0.25) is 0 Å². The molecule has 18 heavy (non-hydrogen) atoms. The second-order valence-electron chi connectivity index (χ2n) is 2.89. The van der Waals surface area contributed by atoms with Crippen LogP contribution in [0.1, 0.15) is 0 Å². The predicted molar refractivity (Wildman–Crippen MR) is 75.4 cm³/mol. The average Bonchev–Trinajstić information content (AvgIpc) is 2.28. The summed E-state index contributed by atoms with van der Waals surface area (Å²) in [6.07, 6.45) is 0. The first-order chi connectivity index (χ1) is 7.61. The van der Waals surface area contributed by atoms with Crippen molar-refractivity contribution in [2.75, 3.05) is 0 Å². The van der Waals surface area contributed by atoms with Crippen LogP contribution in [-0.2, 0) is 83.5 Å². The predicted octanol–water partition coefficient (Wildman–Crippen LogP) is 2.99. The molecule has 0 bridgehead atoms. The Morgan fingerprint density at radius 3 is 0.722 bits per heavy atom. The van der Waals surface area contributed by atoms with Gasteiger partial charge in [0, 0.05) is 0 Å². The van der Waals surface area contributed by atoms with Crippen LogP contribution >= 0.6 is 0 Å². The fraction of sp³-hybridized carbons (Fsp3) is 0. The summed E-state index contributed by atoms with van der Waals surface area (Å²) in [5, 5.41) is 0. The molecule has 0 nitrogen and oxygen atoms in total. The summed E-state index contributed by atoms with van der Waals surface area (Å²) < 4.78 is 0. The fourth-order valence-corrected chi connectivity index (χ4v) is 1.49. The third kappa shape index (κ3) is 7.68. The van der Waals surface area contributed by atoms with Crippen molar-refractivity contribution in [2.45, 2.75) is 19.6 Å². The second kappa shape index (κ2) is 11.2. The van der Waals surface area contributed by atoms with E-state index in [2.05, 4.69) is 0 Å². The molecule has 0 amide bonds. The van der Waals surface area contributed by atoms with Gasteiger partial charge in [0.1, 0.15) is 0 Å². The number of benzene rings is 2. The molecule has 6 heteroatoms. The van der Waals surface area contributed by atoms with E-state index in [0.29, 0.717) is 0 Å². The van der Waals surface area contributed by atoms with Crippen molar-refractivity contribution < 1.29 is 33.0 Å². The van der Waals surface area contributed by atoms with Gasteiger partial charge in [-0.05, 0) is 0 Å². The minimum atomic E-state index is 0. The fourth-order valence-electron chi connectivity index (χ4n) is 0.900. The number of hydrogen-bond acceptors (Lipinski definition) is 4. The molecular weight excluding hydrogens is 390 g/mol. The Labute approximate surface area is 150 Å². The van der Waals surface area contributed by atoms with Gasteiger partial charge in [0.05, 0.1) is 0 Å². The summed E-state index contributed by atoms with van der Waals surface area (Å²) >= 11 is 19.4. The Balaban J connectivity index is 0. The SMILES string of the molecule is [Ni+2].[Ni+2].[S-]c1ccccc1[S-].[S-]c1ccccc1[S-]. The van der Waals surface area contributed by atoms with E-state index in [-0.39, 0.29) is 33.0 Å². The molecule has 0 aliphatic rings. The van der Waals surface area contributed by atoms with Gasteiger partial charge in [-0.3, -0.25) is 0 Å². The molecule has 0 aromatic heterocycles. The standard InChI is InChI=1S/2C6H6S2.2Ni/c2*7-5-3-1-2-4-6(5)8;;/h2*1-4,7-8H;;/q;;2*+2/p-4. The summed E-state index contributed by atoms with van der Waals surface area (Å²) in [6.45, 7) is 0. The maximum Gasteiger partial charge on any atom is 2.00 e. The molecule has 0 atom stereocenters. The first-order valence-electron chi connectivity index (χ1n) is 4.47. The summed E-state index contributed by atoms with van der Waals surface area (Å²) in [5.41, 5.74) is 0. The van der Waals surface area contributed by atoms with Crippen LogP contribution in [0.4, 0.5) is 0 Å². The van der Waals surface area contributed by atoms with Gasteiger partial charge in [-0.2, -0.15) is 19.6 Å². The molecule has 0 aliphatic heterocycles. The summed E-state index contributed by atoms with van der Waals surface area (Å²) in [5.74, 6) is 0. The van der Waals surface area contributed by atoms with Crippen LogP contribution < -0.4 is 0 Å². The molecule has 0 saturated carbocycles. The van der Waals surface area contributed by atoms with Gasteiger partial charge in [0.25, 0.3) is 0 Å². The molecule has 2 rings (SSSR count). The van der Waals surface area contributed by atoms with E-state index in [1.165, 1.54) is 0 Å². The van der Waals surface area contributed by atoms with Crippen LogP contribution in [-0.4, -0.2) is 0 Å². The van der Waals surface area contributed by atoms with Gasteiger partial charge >= 0.3 is 33.0 Å². The molecule has 0 aliphatic carbocycles. The molecule has 0 N–H and O–H groups in total. The van der Waals surface area contributed by atoms with Crippen LogP contribution in [0.15, 0.2) is 68.1 Å². The Bertz CT molecular complexity index is 378. The Kier molecular flexibility index (Phi) is 12.8. The van der Waals surface area contributed by atoms with Crippen LogP contribution in [0.3, 0.4) is 0 Å². The molecule has 0 saturated heterocycles. The first-order valence-corrected chi connectivity index (χ1v) is 6.10. The minimum absolute atomic E-state index is 0. The Hall–Kier alpha value is 0.307. The number of hydrogen-bond donors (Lipinski definition) is 0. The normalized spacial score (nSPS) is 8.00. The monoisotopic (exact) mass is 396 g/mol. The second-order valence-corrected chi connectivity index (χ2v) is 4.65. The van der Waals surface area contributed by atoms with Gasteiger partial charge in [0.15, 0.2) is 0 Å². The zero-order valence-corrected chi connectivity index (χ0v) is 14.1. The van der Waals surface area contributed by atoms with Gasteiger partial charge in [-0.15, -0.1) is 0 Å². The van der Waals surface area contributed by atoms with Crippen molar-refractivity contribution in [1.29, 1.82) is 0 Å². The summed E-state index contributed by atoms with van der Waals surface area (Å²) in [7, 11) is 0. The third-order valence-corrected chi connectivity index (χ3v) is 3.38. The van der Waals surface area contributed by atoms with E-state index in [1.807, 2.05) is 48.5 Å². The van der Waals surface area contributed by atoms with Crippen molar-refractivity contribution in [1.82, 2.24) is 0 Å². The summed E-state index contributed by atoms with van der Waals surface area (Å²) in [4.78, 5) is 3.06. The van der Waals surface area contributed by atoms with Gasteiger partial charge in [-0.1, -0.05) is 48.5 Å². The van der Waals surface area contributed by atoms with E-state index < -0.39 is 0 Å². The smallest absolute Gasteiger partial charge is 0.781 e. The van der Waals surface area contributed by atoms with Crippen molar-refractivity contribution in [3.63, 3.8) is 0 Å². The number of rotatable bonds is 0. The molecule has 100 valence electrons. The average molecular weight is 398 g/mol. The van der Waals surface area contributed by atoms with Crippen LogP contribution in [0, 0.1) is 0 Å². The summed E-state index contributed by atoms with van der Waals surface area (Å²) in [6, 6.07) is 14.9. The quantitative estimate of drug-likeness (QED) is 0.495. The third-order valence-electron chi connectivity index (χ3n) is 1.70. The van der Waals surface area contributed by atoms with E-state index in [9.17, 15) is 0 Å². The van der Waals surface area contributed by atoms with Gasteiger partial charge in [-0.25, -0.2) is 0 Å². The van der Waals surface area contributed by atoms with E-state index in [1.54, 1.807) is 0 Å². The van der Waals surface area contributed by atoms with Crippen molar-refractivity contribution >= 4 is 50.5 Å². The zero-order chi connectivity index (χ0) is 12.0. The molecular formula is C12H8Ni2S4. The first kappa shape index (κ1) is 20.6. The topological polar surface area (TPSA) is 0 Å². The van der Waals surface area contributed by atoms with Gasteiger partial charge < -0.3 is 50.5 Å². The maximum absolute atomic E-state index is 4.85. The van der Waals surface area contributed by atoms with Gasteiger partial charge in [0.2, 0.25) is 0 Å². The van der Waals surface area contributed by atoms with E-state index >= 15 is 0 Å². The van der Waals surface area contributed by atoms with Crippen molar-refractivity contribution in [3.8, 4) is 0 Å². The van der Waals surface area contributed by atoms with E-state index in [4.69, 9.17) is 50.5 Å². The molecule has 0 fully saturated rings. The zero-order valence-electron chi connectivity index (χ0n) is 8.88. The molecule has 2 aromatic carbocycles. The largest absolute Gasteiger partial charge is 2.00 e. The Morgan fingerprint density at radius 2 is 0.611 bits per heavy atom. The molecule has 0 radical (unpaired) electrons. The van der Waals surface area contributed by atoms with Crippen LogP contribution in [0.5, 0.6) is 0 Å². The Morgan fingerprint density at radius 1 is 0.444 bits per heavy atom. The van der Waals surface area contributed by atoms with Crippen molar-refractivity contribution in [3.05, 3.63) is 48.5 Å². The molecule has 0 unspecified atom stereocenters. The minimum Gasteiger partial charge on any atom is -0.781 e. The molecule has 2 aromatic rings. The molecule has 0 spiro atoms. The maximum atomic E-state index is 4.85. The van der Waals surface area contributed by atoms with E-state index in [0.717, 1.165) is 19.6 Å². The molecule has 0 heterocycles. The van der Waals surface area contributed by atoms with Crippen LogP contribution in [0.25, 0.3) is 0 Å². The van der Waals surface area contributed by atoms with Crippen molar-refractivity contribution in [2.24, 2.45) is 0 Å².